The van der Waals surface area contributed by atoms with E-state index < -0.39 is 53.1 Å². The number of nitrogens with one attached hydrogen (secondary N) is 1. The third-order valence-corrected chi connectivity index (χ3v) is 10.8. The number of Topliss-reactive ketones (excluding diaryl/α,β-unsaturated/α-hetero) is 1. The quantitative estimate of drug-likeness (QED) is 0.213. The van der Waals surface area contributed by atoms with E-state index in [1.54, 1.807) is 26.8 Å². The summed E-state index contributed by atoms with van der Waals surface area (Å²) in [5.74, 6) is -3.61. The first-order valence-corrected chi connectivity index (χ1v) is 16.2. The topological polar surface area (TPSA) is 122 Å². The number of carbonyl (C=O) groups excluding carboxylic acids is 3. The minimum Gasteiger partial charge on any atom is -0.452 e. The zero-order chi connectivity index (χ0) is 33.3. The van der Waals surface area contributed by atoms with Crippen LogP contribution in [0, 0.1) is 23.2 Å². The molecule has 0 radical (unpaired) electrons. The van der Waals surface area contributed by atoms with Crippen LogP contribution in [0.25, 0.3) is 0 Å². The molecule has 0 aromatic rings. The van der Waals surface area contributed by atoms with Gasteiger partial charge in [0, 0.05) is 24.0 Å². The number of alkyl halides is 3. The zero-order valence-corrected chi connectivity index (χ0v) is 26.9. The number of carbonyl (C=O) groups is 3. The van der Waals surface area contributed by atoms with Crippen molar-refractivity contribution in [2.75, 3.05) is 6.54 Å². The molecule has 45 heavy (non-hydrogen) atoms. The number of ether oxygens (including phenoxy) is 2. The number of halogens is 3. The largest absolute Gasteiger partial charge is 0.471 e. The molecule has 3 N–H and O–H groups in total. The fourth-order valence-corrected chi connectivity index (χ4v) is 8.00. The molecule has 0 spiro atoms. The Morgan fingerprint density at radius 3 is 2.44 bits per heavy atom. The van der Waals surface area contributed by atoms with Gasteiger partial charge in [0.2, 0.25) is 0 Å². The van der Waals surface area contributed by atoms with Crippen molar-refractivity contribution in [1.82, 2.24) is 5.32 Å². The number of ketones is 1. The maximum absolute atomic E-state index is 14.4. The molecule has 1 aliphatic carbocycles. The average Bonchev–Trinajstić information content (AvgIpc) is 3.52. The lowest BCUT2D eigenvalue weighted by molar-refractivity contribution is -0.180. The van der Waals surface area contributed by atoms with Crippen molar-refractivity contribution in [2.45, 2.75) is 129 Å². The van der Waals surface area contributed by atoms with E-state index in [2.05, 4.69) is 6.92 Å². The number of aliphatic hydroxyl groups is 2. The Bertz CT molecular complexity index is 1240. The molecule has 3 heterocycles. The molecule has 2 bridgehead atoms. The maximum atomic E-state index is 14.4. The Kier molecular flexibility index (Phi) is 10.8. The summed E-state index contributed by atoms with van der Waals surface area (Å²) in [5, 5.41) is 25.3. The lowest BCUT2D eigenvalue weighted by Crippen LogP contribution is -2.59. The maximum Gasteiger partial charge on any atom is 0.471 e. The zero-order valence-electron chi connectivity index (χ0n) is 26.9. The average molecular weight is 640 g/mol. The number of hydrogen-bond donors (Lipinski definition) is 3. The fraction of sp³-hybridized carbons (Fsp3) is 0.735. The van der Waals surface area contributed by atoms with Gasteiger partial charge in [0.05, 0.1) is 18.3 Å². The molecule has 8 nitrogen and oxygen atoms in total. The molecular weight excluding hydrogens is 591 g/mol. The highest BCUT2D eigenvalue weighted by molar-refractivity contribution is 5.90. The first-order valence-electron chi connectivity index (χ1n) is 16.2. The number of aliphatic hydroxyl groups excluding tert-OH is 1. The van der Waals surface area contributed by atoms with E-state index in [0.29, 0.717) is 36.3 Å². The van der Waals surface area contributed by atoms with Gasteiger partial charge in [-0.3, -0.25) is 9.59 Å². The summed E-state index contributed by atoms with van der Waals surface area (Å²) in [4.78, 5) is 38.2. The van der Waals surface area contributed by atoms with E-state index in [-0.39, 0.29) is 56.6 Å². The number of hydrogen-bond acceptors (Lipinski definition) is 7. The number of rotatable bonds is 5. The summed E-state index contributed by atoms with van der Waals surface area (Å²) < 4.78 is 50.5. The molecule has 4 aliphatic rings. The number of cyclic esters (lactones) is 1. The lowest BCUT2D eigenvalue weighted by Gasteiger charge is -2.54. The molecule has 252 valence electrons. The van der Waals surface area contributed by atoms with E-state index in [1.165, 1.54) is 0 Å². The monoisotopic (exact) mass is 639 g/mol. The predicted octanol–water partition coefficient (Wildman–Crippen LogP) is 5.27. The fourth-order valence-electron chi connectivity index (χ4n) is 8.00. The summed E-state index contributed by atoms with van der Waals surface area (Å²) in [6, 6.07) is 0. The molecule has 2 fully saturated rings. The van der Waals surface area contributed by atoms with Crippen LogP contribution in [0.15, 0.2) is 34.9 Å². The van der Waals surface area contributed by atoms with Gasteiger partial charge in [0.1, 0.15) is 17.5 Å². The summed E-state index contributed by atoms with van der Waals surface area (Å²) >= 11 is 0. The number of esters is 1. The Morgan fingerprint density at radius 1 is 1.09 bits per heavy atom. The van der Waals surface area contributed by atoms with Crippen molar-refractivity contribution >= 4 is 17.7 Å². The van der Waals surface area contributed by atoms with Gasteiger partial charge in [0.15, 0.2) is 0 Å². The molecule has 1 saturated heterocycles. The smallest absolute Gasteiger partial charge is 0.452 e. The second-order valence-electron chi connectivity index (χ2n) is 13.8. The summed E-state index contributed by atoms with van der Waals surface area (Å²) in [6.07, 6.45) is 1.80. The molecule has 1 unspecified atom stereocenters. The van der Waals surface area contributed by atoms with Crippen molar-refractivity contribution in [3.8, 4) is 0 Å². The molecule has 9 atom stereocenters. The van der Waals surface area contributed by atoms with Gasteiger partial charge in [-0.2, -0.15) is 13.2 Å². The molecule has 0 aromatic heterocycles. The Hall–Kier alpha value is -2.50. The number of fused-ring (bicyclic) bond motifs is 3. The van der Waals surface area contributed by atoms with E-state index in [9.17, 15) is 37.8 Å². The predicted molar refractivity (Wildman–Crippen MR) is 161 cm³/mol. The normalized spacial score (nSPS) is 40.6. The first kappa shape index (κ1) is 35.4. The van der Waals surface area contributed by atoms with Gasteiger partial charge in [-0.1, -0.05) is 26.0 Å². The van der Waals surface area contributed by atoms with Crippen molar-refractivity contribution in [1.29, 1.82) is 0 Å². The van der Waals surface area contributed by atoms with Crippen LogP contribution < -0.4 is 5.32 Å². The highest BCUT2D eigenvalue weighted by atomic mass is 19.4. The van der Waals surface area contributed by atoms with Crippen LogP contribution in [0.4, 0.5) is 13.2 Å². The van der Waals surface area contributed by atoms with Crippen LogP contribution in [-0.4, -0.2) is 70.6 Å². The number of allylic oxidation sites excluding steroid dienone is 2. The van der Waals surface area contributed by atoms with Gasteiger partial charge >= 0.3 is 18.1 Å². The summed E-state index contributed by atoms with van der Waals surface area (Å²) in [7, 11) is 0. The van der Waals surface area contributed by atoms with E-state index >= 15 is 0 Å². The second kappa shape index (κ2) is 13.7. The van der Waals surface area contributed by atoms with Gasteiger partial charge < -0.3 is 25.0 Å². The van der Waals surface area contributed by atoms with E-state index in [0.717, 1.165) is 12.0 Å². The van der Waals surface area contributed by atoms with Crippen LogP contribution in [0.3, 0.4) is 0 Å². The van der Waals surface area contributed by atoms with Gasteiger partial charge in [-0.05, 0) is 107 Å². The van der Waals surface area contributed by atoms with Crippen molar-refractivity contribution in [2.24, 2.45) is 23.2 Å². The Labute approximate surface area is 263 Å². The van der Waals surface area contributed by atoms with Crippen LogP contribution in [0.2, 0.25) is 0 Å². The van der Waals surface area contributed by atoms with Gasteiger partial charge in [-0.15, -0.1) is 0 Å². The standard InChI is InChI=1S/C34H48F3NO7/c1-19-8-6-9-27(40)32(12-7-15-38-31(42)34(35,36)37)13-14-33(43,28-18-22(4)30(41)45-28)23(5)25(32)17-20(2)26(39)11-10-24-16-21(3)29(19)44-24/h8,17-18,21,23-26,28-29,39,43H,6-7,9-16H2,1-5H3,(H,38,42)/b19-8+,20-17+/t21-,23+,24-,25+,26+,28?,29+,32+,33-/m1/s1. The molecule has 3 aliphatic heterocycles. The van der Waals surface area contributed by atoms with Gasteiger partial charge in [0.25, 0.3) is 0 Å². The molecule has 1 saturated carbocycles. The second-order valence-corrected chi connectivity index (χ2v) is 13.8. The van der Waals surface area contributed by atoms with Gasteiger partial charge in [-0.25, -0.2) is 4.79 Å². The highest BCUT2D eigenvalue weighted by Gasteiger charge is 2.59. The van der Waals surface area contributed by atoms with Crippen LogP contribution in [0.5, 0.6) is 0 Å². The van der Waals surface area contributed by atoms with Crippen LogP contribution in [-0.2, 0) is 23.9 Å². The molecule has 4 rings (SSSR count). The van der Waals surface area contributed by atoms with Crippen molar-refractivity contribution < 1.29 is 47.2 Å². The third-order valence-electron chi connectivity index (χ3n) is 10.8. The minimum absolute atomic E-state index is 0.000616. The molecule has 11 heteroatoms. The van der Waals surface area contributed by atoms with E-state index in [4.69, 9.17) is 9.47 Å². The van der Waals surface area contributed by atoms with Crippen molar-refractivity contribution in [3.05, 3.63) is 34.9 Å². The Balaban J connectivity index is 1.72. The lowest BCUT2D eigenvalue weighted by atomic mass is 9.52. The van der Waals surface area contributed by atoms with Crippen LogP contribution in [0.1, 0.15) is 92.4 Å². The molecule has 1 amide bonds. The molecule has 0 aromatic carbocycles. The summed E-state index contributed by atoms with van der Waals surface area (Å²) in [5.41, 5.74) is -0.565. The van der Waals surface area contributed by atoms with Crippen molar-refractivity contribution in [3.63, 3.8) is 0 Å². The minimum atomic E-state index is -5.01. The Morgan fingerprint density at radius 2 is 1.80 bits per heavy atom. The van der Waals surface area contributed by atoms with Crippen LogP contribution >= 0.6 is 0 Å². The summed E-state index contributed by atoms with van der Waals surface area (Å²) in [6.45, 7) is 9.06. The molecular formula is C34H48F3NO7. The van der Waals surface area contributed by atoms with E-state index in [1.807, 2.05) is 24.4 Å². The number of amides is 1. The SMILES string of the molecule is CC1=CC([C@@]2(O)CC[C@]3(CCCNC(=O)C(F)(F)F)C(=O)CC/C=C(\C)[C@@H]4O[C@H](CC[C@H](O)/C(C)=C/[C@H]3[C@@H]2C)C[C@H]4C)OC1=O. The highest BCUT2D eigenvalue weighted by Crippen LogP contribution is 2.55. The first-order chi connectivity index (χ1) is 21.0. The third kappa shape index (κ3) is 7.41.